The maximum Gasteiger partial charge on any atom is 0.416 e. The fraction of sp³-hybridized carbons (Fsp3) is 0.286. The van der Waals surface area contributed by atoms with Crippen LogP contribution in [0.5, 0.6) is 0 Å². The van der Waals surface area contributed by atoms with Gasteiger partial charge in [0.25, 0.3) is 0 Å². The Morgan fingerprint density at radius 2 is 1.82 bits per heavy atom. The number of hydrogen-bond donors (Lipinski definition) is 1. The molecule has 39 heavy (non-hydrogen) atoms. The van der Waals surface area contributed by atoms with Gasteiger partial charge in [-0.1, -0.05) is 24.3 Å². The summed E-state index contributed by atoms with van der Waals surface area (Å²) in [6.07, 6.45) is -4.47. The first-order valence-corrected chi connectivity index (χ1v) is 12.5. The molecular formula is C28H23F5N4O2. The molecule has 0 aromatic heterocycles. The Hall–Kier alpha value is -4.15. The van der Waals surface area contributed by atoms with Crippen molar-refractivity contribution in [3.05, 3.63) is 89.0 Å². The van der Waals surface area contributed by atoms with Crippen LogP contribution in [0, 0.1) is 11.6 Å². The van der Waals surface area contributed by atoms with Crippen molar-refractivity contribution in [1.82, 2.24) is 4.90 Å². The molecule has 0 amide bonds. The van der Waals surface area contributed by atoms with Crippen LogP contribution >= 0.6 is 0 Å². The van der Waals surface area contributed by atoms with E-state index < -0.39 is 36.0 Å². The van der Waals surface area contributed by atoms with E-state index in [1.807, 2.05) is 4.90 Å². The number of para-hydroxylation sites is 1. The van der Waals surface area contributed by atoms with Crippen LogP contribution in [0.2, 0.25) is 0 Å². The topological polar surface area (TPSA) is 59.4 Å². The van der Waals surface area contributed by atoms with Crippen LogP contribution in [0.4, 0.5) is 39.0 Å². The number of aliphatic imine (C=N–C) groups is 1. The Labute approximate surface area is 220 Å². The number of alkyl halides is 3. The summed E-state index contributed by atoms with van der Waals surface area (Å²) in [7, 11) is 0. The molecular weight excluding hydrogens is 519 g/mol. The molecule has 3 aliphatic rings. The molecule has 1 saturated heterocycles. The number of carboxylic acids is 1. The molecule has 0 radical (unpaired) electrons. The van der Waals surface area contributed by atoms with Gasteiger partial charge in [-0.05, 0) is 48.4 Å². The third-order valence-corrected chi connectivity index (χ3v) is 7.51. The van der Waals surface area contributed by atoms with Crippen molar-refractivity contribution in [3.63, 3.8) is 0 Å². The van der Waals surface area contributed by atoms with E-state index in [4.69, 9.17) is 0 Å². The van der Waals surface area contributed by atoms with Gasteiger partial charge in [-0.15, -0.1) is 0 Å². The summed E-state index contributed by atoms with van der Waals surface area (Å²) in [6, 6.07) is 12.4. The Balaban J connectivity index is 1.45. The van der Waals surface area contributed by atoms with E-state index in [2.05, 4.69) is 9.89 Å². The minimum absolute atomic E-state index is 0.0267. The fourth-order valence-electron chi connectivity index (χ4n) is 5.83. The van der Waals surface area contributed by atoms with Gasteiger partial charge in [-0.3, -0.25) is 4.79 Å². The van der Waals surface area contributed by atoms with Gasteiger partial charge in [0.05, 0.1) is 24.1 Å². The van der Waals surface area contributed by atoms with Crippen LogP contribution in [0.25, 0.3) is 0 Å². The quantitative estimate of drug-likeness (QED) is 0.427. The SMILES string of the molecule is O=C(O)CC1c2cccc(F)c2N=C(N2CCN3c4cc(F)ccc4CC3C2)N1c1cccc(C(F)(F)F)c1. The Bertz CT molecular complexity index is 1490. The van der Waals surface area contributed by atoms with Gasteiger partial charge in [0.1, 0.15) is 17.3 Å². The Kier molecular flexibility index (Phi) is 5.96. The van der Waals surface area contributed by atoms with Gasteiger partial charge in [-0.25, -0.2) is 13.8 Å². The van der Waals surface area contributed by atoms with Crippen LogP contribution in [-0.2, 0) is 17.4 Å². The molecule has 202 valence electrons. The molecule has 0 saturated carbocycles. The molecule has 0 aliphatic carbocycles. The van der Waals surface area contributed by atoms with E-state index >= 15 is 4.39 Å². The van der Waals surface area contributed by atoms with Gasteiger partial charge in [-0.2, -0.15) is 13.2 Å². The number of carbonyl (C=O) groups is 1. The van der Waals surface area contributed by atoms with Crippen molar-refractivity contribution in [2.24, 2.45) is 4.99 Å². The zero-order chi connectivity index (χ0) is 27.5. The summed E-state index contributed by atoms with van der Waals surface area (Å²) >= 11 is 0. The molecule has 3 aromatic rings. The first-order valence-electron chi connectivity index (χ1n) is 12.5. The van der Waals surface area contributed by atoms with E-state index in [1.54, 1.807) is 12.1 Å². The molecule has 0 bridgehead atoms. The third-order valence-electron chi connectivity index (χ3n) is 7.51. The lowest BCUT2D eigenvalue weighted by Gasteiger charge is -2.46. The minimum Gasteiger partial charge on any atom is -0.481 e. The van der Waals surface area contributed by atoms with Gasteiger partial charge in [0.2, 0.25) is 5.96 Å². The number of piperazine rings is 1. The lowest BCUT2D eigenvalue weighted by atomic mass is 9.96. The number of nitrogens with zero attached hydrogens (tertiary/aromatic N) is 4. The average molecular weight is 543 g/mol. The number of hydrogen-bond acceptors (Lipinski definition) is 5. The van der Waals surface area contributed by atoms with E-state index in [1.165, 1.54) is 41.3 Å². The number of benzene rings is 3. The largest absolute Gasteiger partial charge is 0.481 e. The Morgan fingerprint density at radius 3 is 2.59 bits per heavy atom. The van der Waals surface area contributed by atoms with Crippen molar-refractivity contribution in [3.8, 4) is 0 Å². The van der Waals surface area contributed by atoms with Crippen LogP contribution in [0.1, 0.15) is 29.2 Å². The molecule has 1 N–H and O–H groups in total. The molecule has 2 unspecified atom stereocenters. The summed E-state index contributed by atoms with van der Waals surface area (Å²) in [5.74, 6) is -1.99. The van der Waals surface area contributed by atoms with Gasteiger partial charge >= 0.3 is 12.1 Å². The summed E-state index contributed by atoms with van der Waals surface area (Å²) in [5.41, 5.74) is 1.26. The molecule has 3 aliphatic heterocycles. The van der Waals surface area contributed by atoms with E-state index in [-0.39, 0.29) is 34.8 Å². The second kappa shape index (κ2) is 9.25. The predicted octanol–water partition coefficient (Wildman–Crippen LogP) is 5.75. The number of guanidine groups is 1. The van der Waals surface area contributed by atoms with Gasteiger partial charge in [0, 0.05) is 36.6 Å². The normalized spacial score (nSPS) is 20.3. The number of anilines is 2. The summed E-state index contributed by atoms with van der Waals surface area (Å²) in [4.78, 5) is 22.0. The molecule has 6 nitrogen and oxygen atoms in total. The molecule has 6 rings (SSSR count). The van der Waals surface area contributed by atoms with Gasteiger partial charge in [0.15, 0.2) is 0 Å². The lowest BCUT2D eigenvalue weighted by Crippen LogP contribution is -2.58. The van der Waals surface area contributed by atoms with Crippen LogP contribution in [0.15, 0.2) is 65.7 Å². The molecule has 2 atom stereocenters. The predicted molar refractivity (Wildman–Crippen MR) is 135 cm³/mol. The first kappa shape index (κ1) is 25.1. The van der Waals surface area contributed by atoms with Crippen LogP contribution in [0.3, 0.4) is 0 Å². The van der Waals surface area contributed by atoms with Crippen molar-refractivity contribution in [2.75, 3.05) is 29.4 Å². The molecule has 3 heterocycles. The number of aliphatic carboxylic acids is 1. The number of rotatable bonds is 3. The van der Waals surface area contributed by atoms with Crippen molar-refractivity contribution >= 4 is 29.0 Å². The van der Waals surface area contributed by atoms with Crippen LogP contribution in [-0.4, -0.2) is 47.6 Å². The summed E-state index contributed by atoms with van der Waals surface area (Å²) in [5, 5.41) is 9.76. The molecule has 1 fully saturated rings. The monoisotopic (exact) mass is 542 g/mol. The summed E-state index contributed by atoms with van der Waals surface area (Å²) < 4.78 is 69.9. The Morgan fingerprint density at radius 1 is 1.03 bits per heavy atom. The van der Waals surface area contributed by atoms with Crippen molar-refractivity contribution in [2.45, 2.75) is 31.1 Å². The van der Waals surface area contributed by atoms with Crippen molar-refractivity contribution in [1.29, 1.82) is 0 Å². The minimum atomic E-state index is -4.62. The first-order chi connectivity index (χ1) is 18.6. The number of halogens is 5. The van der Waals surface area contributed by atoms with Gasteiger partial charge < -0.3 is 19.8 Å². The second-order valence-electron chi connectivity index (χ2n) is 9.89. The smallest absolute Gasteiger partial charge is 0.416 e. The molecule has 3 aromatic carbocycles. The zero-order valence-corrected chi connectivity index (χ0v) is 20.5. The molecule has 0 spiro atoms. The highest BCUT2D eigenvalue weighted by molar-refractivity contribution is 6.01. The highest BCUT2D eigenvalue weighted by Crippen LogP contribution is 2.44. The van der Waals surface area contributed by atoms with Crippen LogP contribution < -0.4 is 9.80 Å². The van der Waals surface area contributed by atoms with E-state index in [9.17, 15) is 27.5 Å². The lowest BCUT2D eigenvalue weighted by molar-refractivity contribution is -0.138. The fourth-order valence-corrected chi connectivity index (χ4v) is 5.83. The maximum atomic E-state index is 15.0. The highest BCUT2D eigenvalue weighted by atomic mass is 19.4. The van der Waals surface area contributed by atoms with Crippen molar-refractivity contribution < 1.29 is 31.9 Å². The van der Waals surface area contributed by atoms with E-state index in [0.29, 0.717) is 26.1 Å². The third kappa shape index (κ3) is 4.45. The zero-order valence-electron chi connectivity index (χ0n) is 20.5. The number of carboxylic acid groups (broad SMARTS) is 1. The second-order valence-corrected chi connectivity index (χ2v) is 9.89. The average Bonchev–Trinajstić information content (AvgIpc) is 3.25. The summed E-state index contributed by atoms with van der Waals surface area (Å²) in [6.45, 7) is 1.22. The standard InChI is InChI=1S/C28H23F5N4O2/c29-18-8-7-16-11-20-15-35(9-10-36(20)23(16)13-18)27-34-26-21(5-2-6-22(26)30)24(14-25(38)39)37(27)19-4-1-3-17(12-19)28(31,32)33/h1-8,12-13,20,24H,9-11,14-15H2,(H,38,39). The highest BCUT2D eigenvalue weighted by Gasteiger charge is 2.41. The number of fused-ring (bicyclic) bond motifs is 4. The molecule has 11 heteroatoms. The maximum absolute atomic E-state index is 15.0. The van der Waals surface area contributed by atoms with E-state index in [0.717, 1.165) is 23.4 Å².